The first-order valence-corrected chi connectivity index (χ1v) is 6.28. The smallest absolute Gasteiger partial charge is 0.310 e. The van der Waals surface area contributed by atoms with Crippen LogP contribution in [0, 0.1) is 15.9 Å². The number of amides is 1. The summed E-state index contributed by atoms with van der Waals surface area (Å²) < 4.78 is 13.5. The standard InChI is InChI=1S/C11H11Cl2FN2O4/c1-5(2-3-17)15-11(18)6-4-7(14)9(13)10(8(6)12)16(19)20/h4-5,17H,2-3H2,1H3,(H,15,18). The van der Waals surface area contributed by atoms with Gasteiger partial charge in [-0.3, -0.25) is 14.9 Å². The van der Waals surface area contributed by atoms with E-state index in [4.69, 9.17) is 28.3 Å². The molecular weight excluding hydrogens is 314 g/mol. The molecule has 0 aliphatic carbocycles. The largest absolute Gasteiger partial charge is 0.396 e. The lowest BCUT2D eigenvalue weighted by molar-refractivity contribution is -0.384. The Balaban J connectivity index is 3.19. The van der Waals surface area contributed by atoms with Crippen molar-refractivity contribution in [1.82, 2.24) is 5.32 Å². The third-order valence-electron chi connectivity index (χ3n) is 2.50. The SMILES string of the molecule is CC(CCO)NC(=O)c1cc(F)c(Cl)c([N+](=O)[O-])c1Cl. The van der Waals surface area contributed by atoms with E-state index in [-0.39, 0.29) is 18.6 Å². The van der Waals surface area contributed by atoms with Crippen LogP contribution in [0.2, 0.25) is 10.0 Å². The highest BCUT2D eigenvalue weighted by Crippen LogP contribution is 2.37. The van der Waals surface area contributed by atoms with E-state index in [1.165, 1.54) is 0 Å². The molecule has 6 nitrogen and oxygen atoms in total. The highest BCUT2D eigenvalue weighted by atomic mass is 35.5. The van der Waals surface area contributed by atoms with Gasteiger partial charge in [-0.25, -0.2) is 4.39 Å². The quantitative estimate of drug-likeness (QED) is 0.494. The van der Waals surface area contributed by atoms with E-state index in [0.717, 1.165) is 6.07 Å². The van der Waals surface area contributed by atoms with Gasteiger partial charge in [-0.1, -0.05) is 23.2 Å². The second kappa shape index (κ2) is 6.83. The van der Waals surface area contributed by atoms with Crippen molar-refractivity contribution in [2.45, 2.75) is 19.4 Å². The van der Waals surface area contributed by atoms with Crippen molar-refractivity contribution in [2.75, 3.05) is 6.61 Å². The number of nitrogens with one attached hydrogen (secondary N) is 1. The summed E-state index contributed by atoms with van der Waals surface area (Å²) in [5.41, 5.74) is -1.24. The predicted molar refractivity (Wildman–Crippen MR) is 71.7 cm³/mol. The first kappa shape index (κ1) is 16.6. The maximum atomic E-state index is 13.5. The molecule has 1 aromatic rings. The zero-order valence-corrected chi connectivity index (χ0v) is 11.8. The molecule has 0 aliphatic rings. The Morgan fingerprint density at radius 2 is 2.15 bits per heavy atom. The number of hydrogen-bond donors (Lipinski definition) is 2. The second-order valence-electron chi connectivity index (χ2n) is 4.03. The Hall–Kier alpha value is -1.44. The number of hydrogen-bond acceptors (Lipinski definition) is 4. The molecule has 20 heavy (non-hydrogen) atoms. The highest BCUT2D eigenvalue weighted by molar-refractivity contribution is 6.40. The number of aliphatic hydroxyl groups excluding tert-OH is 1. The average Bonchev–Trinajstić information content (AvgIpc) is 2.33. The van der Waals surface area contributed by atoms with Crippen LogP contribution >= 0.6 is 23.2 Å². The molecule has 0 aromatic heterocycles. The molecule has 1 amide bonds. The van der Waals surface area contributed by atoms with Crippen LogP contribution in [0.4, 0.5) is 10.1 Å². The fourth-order valence-corrected chi connectivity index (χ4v) is 2.05. The van der Waals surface area contributed by atoms with Gasteiger partial charge in [-0.05, 0) is 19.4 Å². The molecule has 9 heteroatoms. The van der Waals surface area contributed by atoms with Crippen LogP contribution in [0.5, 0.6) is 0 Å². The molecular formula is C11H11Cl2FN2O4. The Morgan fingerprint density at radius 3 is 2.65 bits per heavy atom. The summed E-state index contributed by atoms with van der Waals surface area (Å²) in [5.74, 6) is -1.89. The Bertz CT molecular complexity index is 554. The van der Waals surface area contributed by atoms with Crippen molar-refractivity contribution in [3.05, 3.63) is 37.6 Å². The van der Waals surface area contributed by atoms with Crippen molar-refractivity contribution in [2.24, 2.45) is 0 Å². The van der Waals surface area contributed by atoms with E-state index in [1.807, 2.05) is 0 Å². The maximum absolute atomic E-state index is 13.5. The van der Waals surface area contributed by atoms with Crippen molar-refractivity contribution in [3.63, 3.8) is 0 Å². The Kier molecular flexibility index (Phi) is 5.67. The van der Waals surface area contributed by atoms with Crippen LogP contribution in [-0.2, 0) is 0 Å². The number of halogens is 3. The van der Waals surface area contributed by atoms with E-state index in [9.17, 15) is 19.3 Å². The normalized spacial score (nSPS) is 12.1. The minimum absolute atomic E-state index is 0.149. The van der Waals surface area contributed by atoms with E-state index in [0.29, 0.717) is 0 Å². The minimum Gasteiger partial charge on any atom is -0.396 e. The van der Waals surface area contributed by atoms with Crippen LogP contribution in [0.3, 0.4) is 0 Å². The van der Waals surface area contributed by atoms with Gasteiger partial charge < -0.3 is 10.4 Å². The van der Waals surface area contributed by atoms with Gasteiger partial charge in [0.25, 0.3) is 5.91 Å². The molecule has 1 atom stereocenters. The van der Waals surface area contributed by atoms with E-state index in [2.05, 4.69) is 5.32 Å². The zero-order chi connectivity index (χ0) is 15.4. The molecule has 0 aliphatic heterocycles. The molecule has 0 spiro atoms. The monoisotopic (exact) mass is 324 g/mol. The minimum atomic E-state index is -1.11. The summed E-state index contributed by atoms with van der Waals surface area (Å²) in [7, 11) is 0. The summed E-state index contributed by atoms with van der Waals surface area (Å²) in [6.45, 7) is 1.47. The molecule has 110 valence electrons. The summed E-state index contributed by atoms with van der Waals surface area (Å²) in [5, 5.41) is 20.7. The Morgan fingerprint density at radius 1 is 1.55 bits per heavy atom. The maximum Gasteiger partial charge on any atom is 0.310 e. The van der Waals surface area contributed by atoms with E-state index in [1.54, 1.807) is 6.92 Å². The zero-order valence-electron chi connectivity index (χ0n) is 10.3. The number of aliphatic hydroxyl groups is 1. The third-order valence-corrected chi connectivity index (χ3v) is 3.24. The Labute approximate surface area is 123 Å². The number of carbonyl (C=O) groups is 1. The molecule has 0 radical (unpaired) electrons. The first-order chi connectivity index (χ1) is 9.29. The molecule has 0 fully saturated rings. The van der Waals surface area contributed by atoms with Crippen LogP contribution in [0.15, 0.2) is 6.07 Å². The molecule has 0 saturated heterocycles. The van der Waals surface area contributed by atoms with Gasteiger partial charge in [-0.2, -0.15) is 0 Å². The number of rotatable bonds is 5. The van der Waals surface area contributed by atoms with Gasteiger partial charge in [0.2, 0.25) is 0 Å². The van der Waals surface area contributed by atoms with Gasteiger partial charge in [-0.15, -0.1) is 0 Å². The molecule has 0 bridgehead atoms. The molecule has 1 unspecified atom stereocenters. The molecule has 1 aromatic carbocycles. The third kappa shape index (κ3) is 3.56. The second-order valence-corrected chi connectivity index (χ2v) is 4.78. The fourth-order valence-electron chi connectivity index (χ4n) is 1.48. The van der Waals surface area contributed by atoms with Crippen LogP contribution in [0.1, 0.15) is 23.7 Å². The van der Waals surface area contributed by atoms with Gasteiger partial charge in [0.15, 0.2) is 5.02 Å². The highest BCUT2D eigenvalue weighted by Gasteiger charge is 2.28. The van der Waals surface area contributed by atoms with Crippen molar-refractivity contribution in [1.29, 1.82) is 0 Å². The lowest BCUT2D eigenvalue weighted by Crippen LogP contribution is -2.33. The topological polar surface area (TPSA) is 92.5 Å². The van der Waals surface area contributed by atoms with Crippen LogP contribution < -0.4 is 5.32 Å². The molecule has 0 heterocycles. The molecule has 1 rings (SSSR count). The first-order valence-electron chi connectivity index (χ1n) is 5.53. The lowest BCUT2D eigenvalue weighted by Gasteiger charge is -2.13. The lowest BCUT2D eigenvalue weighted by atomic mass is 10.1. The average molecular weight is 325 g/mol. The number of nitro benzene ring substituents is 1. The van der Waals surface area contributed by atoms with Crippen molar-refractivity contribution >= 4 is 34.8 Å². The van der Waals surface area contributed by atoms with Crippen LogP contribution in [0.25, 0.3) is 0 Å². The number of carbonyl (C=O) groups excluding carboxylic acids is 1. The van der Waals surface area contributed by atoms with Crippen LogP contribution in [-0.4, -0.2) is 28.6 Å². The summed E-state index contributed by atoms with van der Waals surface area (Å²) in [6.07, 6.45) is 0.279. The predicted octanol–water partition coefficient (Wildman–Crippen LogP) is 2.54. The van der Waals surface area contributed by atoms with Gasteiger partial charge in [0, 0.05) is 12.6 Å². The number of nitrogens with zero attached hydrogens (tertiary/aromatic N) is 1. The number of nitro groups is 1. The van der Waals surface area contributed by atoms with Gasteiger partial charge >= 0.3 is 5.69 Å². The summed E-state index contributed by atoms with van der Waals surface area (Å²) >= 11 is 11.2. The van der Waals surface area contributed by atoms with Gasteiger partial charge in [0.1, 0.15) is 10.8 Å². The molecule has 0 saturated carbocycles. The van der Waals surface area contributed by atoms with Crippen molar-refractivity contribution in [3.8, 4) is 0 Å². The summed E-state index contributed by atoms with van der Waals surface area (Å²) in [4.78, 5) is 21.7. The number of benzene rings is 1. The van der Waals surface area contributed by atoms with E-state index < -0.39 is 38.4 Å². The fraction of sp³-hybridized carbons (Fsp3) is 0.364. The summed E-state index contributed by atoms with van der Waals surface area (Å²) in [6, 6.07) is 0.333. The molecule has 2 N–H and O–H groups in total. The van der Waals surface area contributed by atoms with Gasteiger partial charge in [0.05, 0.1) is 10.5 Å². The van der Waals surface area contributed by atoms with Crippen molar-refractivity contribution < 1.29 is 19.2 Å². The van der Waals surface area contributed by atoms with E-state index >= 15 is 0 Å².